The minimum absolute atomic E-state index is 0.252. The van der Waals surface area contributed by atoms with Crippen LogP contribution in [0.25, 0.3) is 0 Å². The van der Waals surface area contributed by atoms with Crippen molar-refractivity contribution in [1.82, 2.24) is 0 Å². The second-order valence-corrected chi connectivity index (χ2v) is 4.35. The van der Waals surface area contributed by atoms with E-state index in [1.165, 1.54) is 5.56 Å². The normalized spacial score (nSPS) is 12.4. The molecular weight excluding hydrogens is 214 g/mol. The number of aryl methyl sites for hydroxylation is 1. The van der Waals surface area contributed by atoms with Gasteiger partial charge in [-0.05, 0) is 43.9 Å². The summed E-state index contributed by atoms with van der Waals surface area (Å²) in [4.78, 5) is 0. The van der Waals surface area contributed by atoms with Crippen molar-refractivity contribution >= 4 is 5.69 Å². The summed E-state index contributed by atoms with van der Waals surface area (Å²) in [7, 11) is 1.72. The van der Waals surface area contributed by atoms with Crippen LogP contribution in [0, 0.1) is 0 Å². The third-order valence-corrected chi connectivity index (χ3v) is 2.72. The standard InChI is InChI=1S/C14H23NO2/c1-12(8-10-17-2)15-14-7-3-5-13(11-14)6-4-9-16/h3,5,7,11-12,15-16H,4,6,8-10H2,1-2H3. The van der Waals surface area contributed by atoms with Crippen LogP contribution < -0.4 is 5.32 Å². The zero-order valence-corrected chi connectivity index (χ0v) is 10.8. The summed E-state index contributed by atoms with van der Waals surface area (Å²) in [6.07, 6.45) is 2.75. The summed E-state index contributed by atoms with van der Waals surface area (Å²) in [5, 5.41) is 12.3. The fraction of sp³-hybridized carbons (Fsp3) is 0.571. The van der Waals surface area contributed by atoms with Crippen molar-refractivity contribution < 1.29 is 9.84 Å². The van der Waals surface area contributed by atoms with E-state index in [0.29, 0.717) is 6.04 Å². The van der Waals surface area contributed by atoms with E-state index in [2.05, 4.69) is 36.5 Å². The van der Waals surface area contributed by atoms with Gasteiger partial charge >= 0.3 is 0 Å². The average molecular weight is 237 g/mol. The maximum Gasteiger partial charge on any atom is 0.0481 e. The van der Waals surface area contributed by atoms with Crippen molar-refractivity contribution in [3.05, 3.63) is 29.8 Å². The first-order chi connectivity index (χ1) is 8.26. The predicted molar refractivity (Wildman–Crippen MR) is 71.4 cm³/mol. The second kappa shape index (κ2) is 8.09. The molecule has 0 fully saturated rings. The number of anilines is 1. The molecule has 0 amide bonds. The van der Waals surface area contributed by atoms with Crippen LogP contribution in [-0.4, -0.2) is 31.5 Å². The van der Waals surface area contributed by atoms with E-state index in [1.54, 1.807) is 7.11 Å². The van der Waals surface area contributed by atoms with Crippen LogP contribution in [0.4, 0.5) is 5.69 Å². The van der Waals surface area contributed by atoms with Gasteiger partial charge in [-0.25, -0.2) is 0 Å². The van der Waals surface area contributed by atoms with E-state index in [9.17, 15) is 0 Å². The maximum atomic E-state index is 8.81. The molecule has 1 atom stereocenters. The number of hydrogen-bond acceptors (Lipinski definition) is 3. The van der Waals surface area contributed by atoms with Gasteiger partial charge in [-0.2, -0.15) is 0 Å². The number of benzene rings is 1. The number of ether oxygens (including phenoxy) is 1. The van der Waals surface area contributed by atoms with Gasteiger partial charge in [0.25, 0.3) is 0 Å². The smallest absolute Gasteiger partial charge is 0.0481 e. The minimum Gasteiger partial charge on any atom is -0.396 e. The lowest BCUT2D eigenvalue weighted by molar-refractivity contribution is 0.191. The van der Waals surface area contributed by atoms with E-state index in [-0.39, 0.29) is 6.61 Å². The Morgan fingerprint density at radius 2 is 2.24 bits per heavy atom. The molecule has 1 aromatic carbocycles. The first-order valence-electron chi connectivity index (χ1n) is 6.21. The van der Waals surface area contributed by atoms with Crippen molar-refractivity contribution in [3.8, 4) is 0 Å². The lowest BCUT2D eigenvalue weighted by atomic mass is 10.1. The highest BCUT2D eigenvalue weighted by Crippen LogP contribution is 2.14. The van der Waals surface area contributed by atoms with Crippen molar-refractivity contribution in [2.75, 3.05) is 25.6 Å². The molecule has 0 aliphatic carbocycles. The Morgan fingerprint density at radius 3 is 2.94 bits per heavy atom. The van der Waals surface area contributed by atoms with Crippen LogP contribution in [0.3, 0.4) is 0 Å². The van der Waals surface area contributed by atoms with Gasteiger partial charge in [0, 0.05) is 32.1 Å². The van der Waals surface area contributed by atoms with Crippen molar-refractivity contribution in [1.29, 1.82) is 0 Å². The number of hydrogen-bond donors (Lipinski definition) is 2. The van der Waals surface area contributed by atoms with Gasteiger partial charge in [-0.15, -0.1) is 0 Å². The first kappa shape index (κ1) is 14.0. The zero-order valence-electron chi connectivity index (χ0n) is 10.8. The lowest BCUT2D eigenvalue weighted by Gasteiger charge is -2.15. The van der Waals surface area contributed by atoms with Gasteiger partial charge in [-0.3, -0.25) is 0 Å². The van der Waals surface area contributed by atoms with Crippen LogP contribution in [0.1, 0.15) is 25.3 Å². The molecule has 96 valence electrons. The number of aliphatic hydroxyl groups excluding tert-OH is 1. The third kappa shape index (κ3) is 5.71. The summed E-state index contributed by atoms with van der Waals surface area (Å²) in [6, 6.07) is 8.78. The molecule has 2 N–H and O–H groups in total. The molecule has 3 heteroatoms. The van der Waals surface area contributed by atoms with E-state index >= 15 is 0 Å². The van der Waals surface area contributed by atoms with Crippen molar-refractivity contribution in [3.63, 3.8) is 0 Å². The predicted octanol–water partition coefficient (Wildman–Crippen LogP) is 2.45. The topological polar surface area (TPSA) is 41.5 Å². The zero-order chi connectivity index (χ0) is 12.5. The summed E-state index contributed by atoms with van der Waals surface area (Å²) in [5.41, 5.74) is 2.41. The molecule has 0 bridgehead atoms. The molecule has 0 aliphatic rings. The monoisotopic (exact) mass is 237 g/mol. The van der Waals surface area contributed by atoms with Crippen molar-refractivity contribution in [2.45, 2.75) is 32.2 Å². The van der Waals surface area contributed by atoms with Crippen LogP contribution in [0.15, 0.2) is 24.3 Å². The highest BCUT2D eigenvalue weighted by molar-refractivity contribution is 5.46. The third-order valence-electron chi connectivity index (χ3n) is 2.72. The lowest BCUT2D eigenvalue weighted by Crippen LogP contribution is -2.17. The molecule has 3 nitrogen and oxygen atoms in total. The molecule has 1 aromatic rings. The largest absolute Gasteiger partial charge is 0.396 e. The maximum absolute atomic E-state index is 8.81. The van der Waals surface area contributed by atoms with E-state index in [4.69, 9.17) is 9.84 Å². The Balaban J connectivity index is 2.47. The van der Waals surface area contributed by atoms with E-state index in [0.717, 1.165) is 31.6 Å². The molecule has 0 heterocycles. The van der Waals surface area contributed by atoms with Gasteiger partial charge in [0.15, 0.2) is 0 Å². The second-order valence-electron chi connectivity index (χ2n) is 4.35. The Labute approximate surface area is 104 Å². The summed E-state index contributed by atoms with van der Waals surface area (Å²) >= 11 is 0. The molecule has 0 aliphatic heterocycles. The molecule has 1 unspecified atom stereocenters. The molecule has 0 saturated heterocycles. The Hall–Kier alpha value is -1.06. The summed E-state index contributed by atoms with van der Waals surface area (Å²) < 4.78 is 5.06. The van der Waals surface area contributed by atoms with Gasteiger partial charge < -0.3 is 15.2 Å². The molecule has 0 saturated carbocycles. The highest BCUT2D eigenvalue weighted by atomic mass is 16.5. The summed E-state index contributed by atoms with van der Waals surface area (Å²) in [6.45, 7) is 3.18. The molecular formula is C14H23NO2. The molecule has 0 radical (unpaired) electrons. The van der Waals surface area contributed by atoms with Gasteiger partial charge in [0.05, 0.1) is 0 Å². The van der Waals surface area contributed by atoms with Crippen LogP contribution in [-0.2, 0) is 11.2 Å². The van der Waals surface area contributed by atoms with Crippen LogP contribution in [0.5, 0.6) is 0 Å². The van der Waals surface area contributed by atoms with Crippen LogP contribution in [0.2, 0.25) is 0 Å². The van der Waals surface area contributed by atoms with Crippen LogP contribution >= 0.6 is 0 Å². The molecule has 17 heavy (non-hydrogen) atoms. The molecule has 0 aromatic heterocycles. The number of methoxy groups -OCH3 is 1. The number of nitrogens with one attached hydrogen (secondary N) is 1. The summed E-state index contributed by atoms with van der Waals surface area (Å²) in [5.74, 6) is 0. The average Bonchev–Trinajstić information content (AvgIpc) is 2.34. The molecule has 1 rings (SSSR count). The fourth-order valence-electron chi connectivity index (χ4n) is 1.75. The van der Waals surface area contributed by atoms with E-state index in [1.807, 2.05) is 0 Å². The molecule has 0 spiro atoms. The Bertz CT molecular complexity index is 315. The highest BCUT2D eigenvalue weighted by Gasteiger charge is 2.02. The quantitative estimate of drug-likeness (QED) is 0.729. The van der Waals surface area contributed by atoms with Crippen molar-refractivity contribution in [2.24, 2.45) is 0 Å². The number of rotatable bonds is 8. The fourth-order valence-corrected chi connectivity index (χ4v) is 1.75. The number of aliphatic hydroxyl groups is 1. The minimum atomic E-state index is 0.252. The first-order valence-corrected chi connectivity index (χ1v) is 6.21. The van der Waals surface area contributed by atoms with Gasteiger partial charge in [0.2, 0.25) is 0 Å². The van der Waals surface area contributed by atoms with Gasteiger partial charge in [0.1, 0.15) is 0 Å². The SMILES string of the molecule is COCCC(C)Nc1cccc(CCCO)c1. The van der Waals surface area contributed by atoms with Gasteiger partial charge in [-0.1, -0.05) is 12.1 Å². The van der Waals surface area contributed by atoms with E-state index < -0.39 is 0 Å². The Kier molecular flexibility index (Phi) is 6.67. The Morgan fingerprint density at radius 1 is 1.41 bits per heavy atom.